The van der Waals surface area contributed by atoms with Gasteiger partial charge in [-0.2, -0.15) is 0 Å². The Bertz CT molecular complexity index is 916. The molecule has 1 N–H and O–H groups in total. The van der Waals surface area contributed by atoms with E-state index in [-0.39, 0.29) is 17.1 Å². The van der Waals surface area contributed by atoms with Crippen LogP contribution in [0.15, 0.2) is 29.3 Å². The van der Waals surface area contributed by atoms with Crippen molar-refractivity contribution >= 4 is 27.5 Å². The van der Waals surface area contributed by atoms with E-state index in [4.69, 9.17) is 0 Å². The highest BCUT2D eigenvalue weighted by molar-refractivity contribution is 9.10. The van der Waals surface area contributed by atoms with Crippen molar-refractivity contribution in [3.05, 3.63) is 40.9 Å². The van der Waals surface area contributed by atoms with E-state index in [9.17, 15) is 13.6 Å². The highest BCUT2D eigenvalue weighted by atomic mass is 79.9. The molecule has 5 nitrogen and oxygen atoms in total. The van der Waals surface area contributed by atoms with Gasteiger partial charge in [-0.3, -0.25) is 4.79 Å². The van der Waals surface area contributed by atoms with Crippen LogP contribution in [0.1, 0.15) is 38.5 Å². The lowest BCUT2D eigenvalue weighted by Crippen LogP contribution is -2.60. The number of hydrogen-bond acceptors (Lipinski definition) is 3. The van der Waals surface area contributed by atoms with Crippen molar-refractivity contribution in [3.8, 4) is 0 Å². The zero-order valence-electron chi connectivity index (χ0n) is 14.6. The van der Waals surface area contributed by atoms with E-state index in [1.54, 1.807) is 6.33 Å². The van der Waals surface area contributed by atoms with E-state index in [1.165, 1.54) is 0 Å². The fourth-order valence-corrected chi connectivity index (χ4v) is 6.33. The van der Waals surface area contributed by atoms with Crippen LogP contribution in [0.5, 0.6) is 0 Å². The Balaban J connectivity index is 1.48. The lowest BCUT2D eigenvalue weighted by Gasteiger charge is -2.60. The molecule has 6 rings (SSSR count). The van der Waals surface area contributed by atoms with Crippen LogP contribution in [0.2, 0.25) is 0 Å². The van der Waals surface area contributed by atoms with Crippen molar-refractivity contribution < 1.29 is 13.6 Å². The third-order valence-electron chi connectivity index (χ3n) is 6.64. The predicted octanol–water partition coefficient (Wildman–Crippen LogP) is 4.25. The second-order valence-electron chi connectivity index (χ2n) is 8.50. The molecule has 0 spiro atoms. The molecular weight excluding hydrogens is 418 g/mol. The number of carbonyl (C=O) groups excluding carboxylic acids is 1. The van der Waals surface area contributed by atoms with Gasteiger partial charge in [-0.15, -0.1) is 5.10 Å². The average molecular weight is 437 g/mol. The molecule has 2 aromatic rings. The molecule has 1 aromatic carbocycles. The molecule has 4 saturated carbocycles. The summed E-state index contributed by atoms with van der Waals surface area (Å²) in [5.41, 5.74) is -0.879. The maximum atomic E-state index is 14.0. The summed E-state index contributed by atoms with van der Waals surface area (Å²) >= 11 is 3.31. The van der Waals surface area contributed by atoms with Crippen molar-refractivity contribution in [1.29, 1.82) is 0 Å². The first-order valence-corrected chi connectivity index (χ1v) is 10.0. The lowest BCUT2D eigenvalue weighted by atomic mass is 9.46. The molecule has 4 aliphatic rings. The van der Waals surface area contributed by atoms with Gasteiger partial charge in [-0.25, -0.2) is 18.4 Å². The molecule has 0 aliphatic heterocycles. The molecule has 4 fully saturated rings. The number of nitrogens with one attached hydrogen (secondary N) is 1. The number of benzene rings is 1. The summed E-state index contributed by atoms with van der Waals surface area (Å²) in [5, 5.41) is 7.16. The van der Waals surface area contributed by atoms with Gasteiger partial charge in [-0.05, 0) is 78.4 Å². The third-order valence-corrected chi connectivity index (χ3v) is 7.00. The second kappa shape index (κ2) is 5.83. The predicted molar refractivity (Wildman–Crippen MR) is 97.8 cm³/mol. The maximum absolute atomic E-state index is 14.0. The van der Waals surface area contributed by atoms with Crippen molar-refractivity contribution in [1.82, 2.24) is 14.8 Å². The summed E-state index contributed by atoms with van der Waals surface area (Å²) in [6.45, 7) is 0. The summed E-state index contributed by atoms with van der Waals surface area (Å²) in [6, 6.07) is 3.13. The van der Waals surface area contributed by atoms with E-state index < -0.39 is 17.0 Å². The Morgan fingerprint density at radius 1 is 1.22 bits per heavy atom. The zero-order chi connectivity index (χ0) is 18.8. The Morgan fingerprint density at radius 2 is 1.96 bits per heavy atom. The number of aromatic nitrogens is 3. The van der Waals surface area contributed by atoms with Crippen LogP contribution < -0.4 is 5.32 Å². The number of rotatable bonds is 3. The van der Waals surface area contributed by atoms with Gasteiger partial charge in [0.15, 0.2) is 0 Å². The van der Waals surface area contributed by atoms with Crippen molar-refractivity contribution in [2.75, 3.05) is 5.32 Å². The summed E-state index contributed by atoms with van der Waals surface area (Å²) in [5.74, 6) is -0.509. The molecular formula is C19H19BrF2N4O. The molecule has 4 bridgehead atoms. The summed E-state index contributed by atoms with van der Waals surface area (Å²) in [6.07, 6.45) is 7.08. The van der Waals surface area contributed by atoms with Crippen LogP contribution in [-0.4, -0.2) is 20.7 Å². The zero-order valence-corrected chi connectivity index (χ0v) is 16.2. The topological polar surface area (TPSA) is 59.8 Å². The van der Waals surface area contributed by atoms with Crippen molar-refractivity contribution in [2.45, 2.75) is 44.1 Å². The highest BCUT2D eigenvalue weighted by Gasteiger charge is 2.61. The SMILES string of the molecule is O=C(Nc1cc(F)ccc1F)C12CC3CC(C1)CC(n1cnc(Br)n1)(C3)C2. The minimum Gasteiger partial charge on any atom is -0.323 e. The summed E-state index contributed by atoms with van der Waals surface area (Å²) in [4.78, 5) is 17.5. The van der Waals surface area contributed by atoms with E-state index in [1.807, 2.05) is 4.68 Å². The molecule has 1 aromatic heterocycles. The van der Waals surface area contributed by atoms with Crippen LogP contribution in [0.3, 0.4) is 0 Å². The molecule has 2 atom stereocenters. The van der Waals surface area contributed by atoms with Gasteiger partial charge in [0.25, 0.3) is 0 Å². The Kier molecular flexibility index (Phi) is 3.73. The van der Waals surface area contributed by atoms with Crippen LogP contribution in [0.4, 0.5) is 14.5 Å². The number of amides is 1. The number of hydrogen-bond donors (Lipinski definition) is 1. The van der Waals surface area contributed by atoms with Crippen molar-refractivity contribution in [3.63, 3.8) is 0 Å². The monoisotopic (exact) mass is 436 g/mol. The maximum Gasteiger partial charge on any atom is 0.230 e. The normalized spacial score (nSPS) is 34.0. The van der Waals surface area contributed by atoms with E-state index in [0.717, 1.165) is 50.3 Å². The largest absolute Gasteiger partial charge is 0.323 e. The Hall–Kier alpha value is -1.83. The first-order valence-electron chi connectivity index (χ1n) is 9.22. The minimum absolute atomic E-state index is 0.0895. The fourth-order valence-electron chi connectivity index (χ4n) is 6.07. The first-order chi connectivity index (χ1) is 12.9. The third kappa shape index (κ3) is 2.71. The van der Waals surface area contributed by atoms with Gasteiger partial charge in [0, 0.05) is 6.07 Å². The fraction of sp³-hybridized carbons (Fsp3) is 0.526. The van der Waals surface area contributed by atoms with Crippen LogP contribution >= 0.6 is 15.9 Å². The Labute approximate surface area is 163 Å². The number of anilines is 1. The summed E-state index contributed by atoms with van der Waals surface area (Å²) in [7, 11) is 0. The van der Waals surface area contributed by atoms with Gasteiger partial charge in [-0.1, -0.05) is 0 Å². The molecule has 1 heterocycles. The van der Waals surface area contributed by atoms with Crippen molar-refractivity contribution in [2.24, 2.45) is 17.3 Å². The molecule has 0 radical (unpaired) electrons. The van der Waals surface area contributed by atoms with E-state index >= 15 is 0 Å². The molecule has 0 saturated heterocycles. The second-order valence-corrected chi connectivity index (χ2v) is 9.21. The first kappa shape index (κ1) is 17.3. The average Bonchev–Trinajstić information content (AvgIpc) is 3.04. The number of nitrogens with zero attached hydrogens (tertiary/aromatic N) is 3. The smallest absolute Gasteiger partial charge is 0.230 e. The molecule has 8 heteroatoms. The standard InChI is InChI=1S/C19H19BrF2N4O/c20-17-23-10-26(25-17)19-7-11-3-12(8-19)6-18(5-11,9-19)16(27)24-15-4-13(21)1-2-14(15)22/h1-2,4,10-12H,3,5-9H2,(H,24,27). The van der Waals surface area contributed by atoms with E-state index in [2.05, 4.69) is 31.3 Å². The summed E-state index contributed by atoms with van der Waals surface area (Å²) < 4.78 is 30.0. The van der Waals surface area contributed by atoms with Crippen LogP contribution in [0, 0.1) is 28.9 Å². The molecule has 2 unspecified atom stereocenters. The van der Waals surface area contributed by atoms with Gasteiger partial charge < -0.3 is 5.32 Å². The van der Waals surface area contributed by atoms with Gasteiger partial charge in [0.2, 0.25) is 10.6 Å². The number of halogens is 3. The van der Waals surface area contributed by atoms with Crippen LogP contribution in [-0.2, 0) is 10.3 Å². The highest BCUT2D eigenvalue weighted by Crippen LogP contribution is 2.64. The quantitative estimate of drug-likeness (QED) is 0.781. The van der Waals surface area contributed by atoms with Gasteiger partial charge >= 0.3 is 0 Å². The van der Waals surface area contributed by atoms with Gasteiger partial charge in [0.1, 0.15) is 18.0 Å². The van der Waals surface area contributed by atoms with E-state index in [0.29, 0.717) is 23.0 Å². The van der Waals surface area contributed by atoms with Crippen LogP contribution in [0.25, 0.3) is 0 Å². The Morgan fingerprint density at radius 3 is 2.63 bits per heavy atom. The molecule has 1 amide bonds. The lowest BCUT2D eigenvalue weighted by molar-refractivity contribution is -0.150. The molecule has 142 valence electrons. The van der Waals surface area contributed by atoms with Gasteiger partial charge in [0.05, 0.1) is 16.6 Å². The number of carbonyl (C=O) groups is 1. The minimum atomic E-state index is -0.621. The molecule has 27 heavy (non-hydrogen) atoms. The molecule has 4 aliphatic carbocycles.